The normalized spacial score (nSPS) is 11.1. The van der Waals surface area contributed by atoms with Gasteiger partial charge in [0.25, 0.3) is 5.89 Å². The molecule has 0 radical (unpaired) electrons. The Hall–Kier alpha value is -3.97. The van der Waals surface area contributed by atoms with Crippen LogP contribution in [0.3, 0.4) is 0 Å². The summed E-state index contributed by atoms with van der Waals surface area (Å²) in [6, 6.07) is 16.9. The van der Waals surface area contributed by atoms with Gasteiger partial charge in [-0.1, -0.05) is 28.9 Å². The van der Waals surface area contributed by atoms with Gasteiger partial charge in [0.15, 0.2) is 0 Å². The van der Waals surface area contributed by atoms with Crippen molar-refractivity contribution in [1.29, 1.82) is 0 Å². The maximum atomic E-state index is 13.6. The summed E-state index contributed by atoms with van der Waals surface area (Å²) in [6.45, 7) is 2.49. The number of halogens is 1. The van der Waals surface area contributed by atoms with E-state index in [2.05, 4.69) is 19.7 Å². The largest absolute Gasteiger partial charge is 0.497 e. The topological polar surface area (TPSA) is 83.0 Å². The highest BCUT2D eigenvalue weighted by Gasteiger charge is 2.26. The molecule has 7 nitrogen and oxygen atoms in total. The lowest BCUT2D eigenvalue weighted by Gasteiger charge is -2.09. The van der Waals surface area contributed by atoms with Crippen LogP contribution < -0.4 is 4.74 Å². The van der Waals surface area contributed by atoms with Crippen LogP contribution in [0.1, 0.15) is 27.4 Å². The quantitative estimate of drug-likeness (QED) is 0.319. The third kappa shape index (κ3) is 3.87. The van der Waals surface area contributed by atoms with Gasteiger partial charge in [0, 0.05) is 40.6 Å². The van der Waals surface area contributed by atoms with E-state index in [-0.39, 0.29) is 17.5 Å². The molecule has 0 unspecified atom stereocenters. The van der Waals surface area contributed by atoms with Crippen molar-refractivity contribution < 1.29 is 14.1 Å². The van der Waals surface area contributed by atoms with Gasteiger partial charge in [0.05, 0.1) is 18.2 Å². The molecule has 0 saturated heterocycles. The lowest BCUT2D eigenvalue weighted by Crippen LogP contribution is -2.07. The van der Waals surface area contributed by atoms with Crippen LogP contribution in [-0.4, -0.2) is 32.6 Å². The summed E-state index contributed by atoms with van der Waals surface area (Å²) in [4.78, 5) is 21.9. The third-order valence-corrected chi connectivity index (χ3v) is 5.80. The Morgan fingerprint density at radius 2 is 1.97 bits per heavy atom. The van der Waals surface area contributed by atoms with Gasteiger partial charge in [0.1, 0.15) is 5.75 Å². The van der Waals surface area contributed by atoms with Gasteiger partial charge in [-0.3, -0.25) is 9.78 Å². The van der Waals surface area contributed by atoms with Gasteiger partial charge in [0.2, 0.25) is 11.6 Å². The molecule has 0 aliphatic heterocycles. The number of aromatic nitrogens is 4. The third-order valence-electron chi connectivity index (χ3n) is 5.55. The number of nitrogens with zero attached hydrogens (tertiary/aromatic N) is 4. The molecule has 0 saturated carbocycles. The Balaban J connectivity index is 1.61. The number of carbonyl (C=O) groups excluding carboxylic acids is 1. The van der Waals surface area contributed by atoms with Gasteiger partial charge in [-0.15, -0.1) is 0 Å². The average molecular weight is 459 g/mol. The Labute approximate surface area is 194 Å². The molecule has 3 aromatic heterocycles. The molecule has 164 valence electrons. The summed E-state index contributed by atoms with van der Waals surface area (Å²) < 4.78 is 12.8. The van der Waals surface area contributed by atoms with Crippen molar-refractivity contribution in [1.82, 2.24) is 19.7 Å². The van der Waals surface area contributed by atoms with Crippen LogP contribution in [0.4, 0.5) is 0 Å². The predicted octanol–water partition coefficient (Wildman–Crippen LogP) is 5.34. The van der Waals surface area contributed by atoms with Crippen LogP contribution in [0.2, 0.25) is 5.02 Å². The molecule has 5 rings (SSSR count). The van der Waals surface area contributed by atoms with Crippen LogP contribution in [0.15, 0.2) is 71.5 Å². The molecule has 0 N–H and O–H groups in total. The molecule has 33 heavy (non-hydrogen) atoms. The zero-order chi connectivity index (χ0) is 22.9. The molecule has 0 aliphatic carbocycles. The van der Waals surface area contributed by atoms with Crippen molar-refractivity contribution in [2.24, 2.45) is 0 Å². The number of benzene rings is 2. The Bertz CT molecular complexity index is 1460. The molecule has 3 heterocycles. The van der Waals surface area contributed by atoms with E-state index >= 15 is 0 Å². The smallest absolute Gasteiger partial charge is 0.259 e. The van der Waals surface area contributed by atoms with Crippen LogP contribution >= 0.6 is 11.6 Å². The van der Waals surface area contributed by atoms with E-state index in [0.29, 0.717) is 28.4 Å². The number of rotatable bonds is 6. The molecule has 0 bridgehead atoms. The van der Waals surface area contributed by atoms with Crippen molar-refractivity contribution in [3.63, 3.8) is 0 Å². The van der Waals surface area contributed by atoms with Crippen LogP contribution in [-0.2, 0) is 6.54 Å². The van der Waals surface area contributed by atoms with Crippen LogP contribution in [0.25, 0.3) is 22.4 Å². The number of ether oxygens (including phenoxy) is 1. The van der Waals surface area contributed by atoms with E-state index in [1.165, 1.54) is 0 Å². The first-order valence-corrected chi connectivity index (χ1v) is 10.6. The zero-order valence-corrected chi connectivity index (χ0v) is 18.7. The number of hydrogen-bond donors (Lipinski definition) is 0. The molecule has 5 aromatic rings. The molecular formula is C25H19ClN4O3. The number of carbonyl (C=O) groups is 1. The Morgan fingerprint density at radius 1 is 1.15 bits per heavy atom. The summed E-state index contributed by atoms with van der Waals surface area (Å²) in [7, 11) is 1.60. The fraction of sp³-hybridized carbons (Fsp3) is 0.120. The van der Waals surface area contributed by atoms with Crippen molar-refractivity contribution in [3.05, 3.63) is 94.7 Å². The van der Waals surface area contributed by atoms with Crippen molar-refractivity contribution in [3.8, 4) is 17.2 Å². The summed E-state index contributed by atoms with van der Waals surface area (Å²) >= 11 is 6.04. The summed E-state index contributed by atoms with van der Waals surface area (Å²) in [5.74, 6) is 0.570. The number of pyridine rings is 1. The predicted molar refractivity (Wildman–Crippen MR) is 125 cm³/mol. The summed E-state index contributed by atoms with van der Waals surface area (Å²) in [5.41, 5.74) is 3.92. The molecule has 0 fully saturated rings. The fourth-order valence-electron chi connectivity index (χ4n) is 3.89. The highest BCUT2D eigenvalue weighted by atomic mass is 35.5. The first kappa shape index (κ1) is 20.9. The van der Waals surface area contributed by atoms with E-state index in [1.54, 1.807) is 31.6 Å². The van der Waals surface area contributed by atoms with Crippen molar-refractivity contribution >= 4 is 28.3 Å². The second kappa shape index (κ2) is 8.52. The van der Waals surface area contributed by atoms with Gasteiger partial charge in [-0.2, -0.15) is 4.98 Å². The summed E-state index contributed by atoms with van der Waals surface area (Å²) in [6.07, 6.45) is 3.26. The second-order valence-electron chi connectivity index (χ2n) is 7.55. The van der Waals surface area contributed by atoms with E-state index in [0.717, 1.165) is 22.2 Å². The van der Waals surface area contributed by atoms with Crippen molar-refractivity contribution in [2.45, 2.75) is 13.5 Å². The number of fused-ring (bicyclic) bond motifs is 1. The first-order valence-electron chi connectivity index (χ1n) is 10.2. The fourth-order valence-corrected chi connectivity index (χ4v) is 4.01. The SMILES string of the molecule is COc1ccc2c(c1)c(C(=O)c1noc(-c3cccnc3)n1)c(C)n2Cc1ccc(Cl)cc1. The van der Waals surface area contributed by atoms with Crippen molar-refractivity contribution in [2.75, 3.05) is 7.11 Å². The molecule has 2 aromatic carbocycles. The zero-order valence-electron chi connectivity index (χ0n) is 17.9. The molecule has 8 heteroatoms. The maximum Gasteiger partial charge on any atom is 0.259 e. The van der Waals surface area contributed by atoms with Gasteiger partial charge >= 0.3 is 0 Å². The molecular weight excluding hydrogens is 440 g/mol. The molecule has 0 atom stereocenters. The lowest BCUT2D eigenvalue weighted by molar-refractivity contribution is 0.102. The maximum absolute atomic E-state index is 13.6. The summed E-state index contributed by atoms with van der Waals surface area (Å²) in [5, 5.41) is 5.38. The average Bonchev–Trinajstić information content (AvgIpc) is 3.44. The second-order valence-corrected chi connectivity index (χ2v) is 7.99. The number of methoxy groups -OCH3 is 1. The van der Waals surface area contributed by atoms with E-state index in [9.17, 15) is 4.79 Å². The standard InChI is InChI=1S/C25H19ClN4O3/c1-15-22(23(31)24-28-25(33-29-24)17-4-3-11-27-13-17)20-12-19(32-2)9-10-21(20)30(15)14-16-5-7-18(26)8-6-16/h3-13H,14H2,1-2H3. The van der Waals surface area contributed by atoms with Gasteiger partial charge in [-0.05, 0) is 55.0 Å². The molecule has 0 amide bonds. The van der Waals surface area contributed by atoms with E-state index in [1.807, 2.05) is 49.4 Å². The van der Waals surface area contributed by atoms with Crippen LogP contribution in [0, 0.1) is 6.92 Å². The molecule has 0 aliphatic rings. The minimum atomic E-state index is -0.320. The van der Waals surface area contributed by atoms with Gasteiger partial charge in [-0.25, -0.2) is 0 Å². The highest BCUT2D eigenvalue weighted by molar-refractivity contribution is 6.30. The lowest BCUT2D eigenvalue weighted by atomic mass is 10.1. The van der Waals surface area contributed by atoms with Gasteiger partial charge < -0.3 is 13.8 Å². The monoisotopic (exact) mass is 458 g/mol. The Morgan fingerprint density at radius 3 is 2.70 bits per heavy atom. The number of hydrogen-bond acceptors (Lipinski definition) is 6. The Kier molecular flexibility index (Phi) is 5.40. The first-order chi connectivity index (χ1) is 16.0. The minimum absolute atomic E-state index is 0.00897. The minimum Gasteiger partial charge on any atom is -0.497 e. The highest BCUT2D eigenvalue weighted by Crippen LogP contribution is 2.32. The van der Waals surface area contributed by atoms with E-state index < -0.39 is 0 Å². The number of ketones is 1. The van der Waals surface area contributed by atoms with E-state index in [4.69, 9.17) is 20.9 Å². The molecule has 0 spiro atoms. The van der Waals surface area contributed by atoms with Crippen LogP contribution in [0.5, 0.6) is 5.75 Å².